The summed E-state index contributed by atoms with van der Waals surface area (Å²) in [5.74, 6) is 1.86. The van der Waals surface area contributed by atoms with Gasteiger partial charge in [-0.25, -0.2) is 14.6 Å². The Morgan fingerprint density at radius 3 is 2.89 bits per heavy atom. The van der Waals surface area contributed by atoms with Crippen LogP contribution in [0.2, 0.25) is 0 Å². The number of pyridine rings is 1. The zero-order valence-electron chi connectivity index (χ0n) is 10.7. The maximum atomic E-state index is 4.59. The van der Waals surface area contributed by atoms with Crippen LogP contribution in [0.1, 0.15) is 36.9 Å². The van der Waals surface area contributed by atoms with Crippen LogP contribution in [-0.2, 0) is 6.42 Å². The maximum Gasteiger partial charge on any atom is 0.155 e. The first-order chi connectivity index (χ1) is 8.83. The molecule has 0 radical (unpaired) electrons. The topological polar surface area (TPSA) is 43.6 Å². The molecule has 0 amide bonds. The Hall–Kier alpha value is -1.71. The minimum Gasteiger partial charge on any atom is -0.234 e. The highest BCUT2D eigenvalue weighted by Gasteiger charge is 2.20. The van der Waals surface area contributed by atoms with E-state index in [2.05, 4.69) is 28.1 Å². The second-order valence-corrected chi connectivity index (χ2v) is 5.09. The van der Waals surface area contributed by atoms with Crippen LogP contribution in [0.25, 0.3) is 5.82 Å². The molecule has 0 atom stereocenters. The summed E-state index contributed by atoms with van der Waals surface area (Å²) in [6.45, 7) is 2.08. The molecule has 18 heavy (non-hydrogen) atoms. The predicted octanol–water partition coefficient (Wildman–Crippen LogP) is 2.70. The number of aryl methyl sites for hydroxylation is 2. The molecule has 0 bridgehead atoms. The van der Waals surface area contributed by atoms with Gasteiger partial charge in [-0.15, -0.1) is 0 Å². The molecule has 3 rings (SSSR count). The fraction of sp³-hybridized carbons (Fsp3) is 0.500. The van der Waals surface area contributed by atoms with Crippen molar-refractivity contribution < 1.29 is 0 Å². The van der Waals surface area contributed by atoms with Crippen molar-refractivity contribution in [2.24, 2.45) is 5.92 Å². The average Bonchev–Trinajstić information content (AvgIpc) is 3.03. The van der Waals surface area contributed by atoms with E-state index < -0.39 is 0 Å². The highest BCUT2D eigenvalue weighted by Crippen LogP contribution is 2.33. The number of nitrogens with zero attached hydrogens (tertiary/aromatic N) is 4. The van der Waals surface area contributed by atoms with Gasteiger partial charge in [0.15, 0.2) is 5.82 Å². The minimum atomic E-state index is 0.843. The summed E-state index contributed by atoms with van der Waals surface area (Å²) in [7, 11) is 0. The van der Waals surface area contributed by atoms with Crippen molar-refractivity contribution in [1.82, 2.24) is 19.7 Å². The molecule has 0 spiro atoms. The Morgan fingerprint density at radius 2 is 2.22 bits per heavy atom. The molecule has 0 N–H and O–H groups in total. The molecule has 1 fully saturated rings. The molecule has 2 aromatic heterocycles. The maximum absolute atomic E-state index is 4.59. The first-order valence-corrected chi connectivity index (χ1v) is 6.64. The summed E-state index contributed by atoms with van der Waals surface area (Å²) in [6.07, 6.45) is 9.91. The quantitative estimate of drug-likeness (QED) is 0.809. The minimum absolute atomic E-state index is 0.843. The molecule has 0 unspecified atom stereocenters. The summed E-state index contributed by atoms with van der Waals surface area (Å²) in [6, 6.07) is 4.19. The van der Waals surface area contributed by atoms with Crippen LogP contribution >= 0.6 is 0 Å². The summed E-state index contributed by atoms with van der Waals surface area (Å²) < 4.78 is 1.70. The van der Waals surface area contributed by atoms with Crippen molar-refractivity contribution in [3.05, 3.63) is 36.0 Å². The third-order valence-electron chi connectivity index (χ3n) is 3.59. The van der Waals surface area contributed by atoms with E-state index in [0.717, 1.165) is 23.9 Å². The number of aromatic nitrogens is 4. The van der Waals surface area contributed by atoms with Crippen LogP contribution in [0.15, 0.2) is 24.8 Å². The molecule has 0 aromatic carbocycles. The van der Waals surface area contributed by atoms with Crippen molar-refractivity contribution in [3.8, 4) is 5.82 Å². The van der Waals surface area contributed by atoms with E-state index in [0.29, 0.717) is 0 Å². The van der Waals surface area contributed by atoms with Gasteiger partial charge < -0.3 is 0 Å². The molecule has 0 aliphatic heterocycles. The Morgan fingerprint density at radius 1 is 1.33 bits per heavy atom. The Labute approximate surface area is 107 Å². The lowest BCUT2D eigenvalue weighted by Gasteiger charge is -2.07. The van der Waals surface area contributed by atoms with Gasteiger partial charge in [0.2, 0.25) is 0 Å². The smallest absolute Gasteiger partial charge is 0.155 e. The van der Waals surface area contributed by atoms with Crippen LogP contribution in [0.4, 0.5) is 0 Å². The Kier molecular flexibility index (Phi) is 3.09. The van der Waals surface area contributed by atoms with Crippen molar-refractivity contribution in [2.45, 2.75) is 39.0 Å². The van der Waals surface area contributed by atoms with Crippen LogP contribution < -0.4 is 0 Å². The molecule has 94 valence electrons. The van der Waals surface area contributed by atoms with Crippen LogP contribution in [0.5, 0.6) is 0 Å². The molecule has 4 heteroatoms. The van der Waals surface area contributed by atoms with E-state index in [9.17, 15) is 0 Å². The SMILES string of the molecule is Cc1nc(-n2cncn2)ccc1CCCC1CC1. The lowest BCUT2D eigenvalue weighted by molar-refractivity contribution is 0.663. The number of hydrogen-bond acceptors (Lipinski definition) is 3. The van der Waals surface area contributed by atoms with Crippen molar-refractivity contribution >= 4 is 0 Å². The van der Waals surface area contributed by atoms with E-state index in [1.807, 2.05) is 6.07 Å². The van der Waals surface area contributed by atoms with Gasteiger partial charge in [0, 0.05) is 5.69 Å². The van der Waals surface area contributed by atoms with Gasteiger partial charge in [0.1, 0.15) is 12.7 Å². The van der Waals surface area contributed by atoms with E-state index in [4.69, 9.17) is 0 Å². The lowest BCUT2D eigenvalue weighted by Crippen LogP contribution is -2.02. The fourth-order valence-corrected chi connectivity index (χ4v) is 2.28. The second kappa shape index (κ2) is 4.88. The normalized spacial score (nSPS) is 14.9. The molecule has 1 aliphatic carbocycles. The predicted molar refractivity (Wildman–Crippen MR) is 69.6 cm³/mol. The second-order valence-electron chi connectivity index (χ2n) is 5.09. The van der Waals surface area contributed by atoms with Gasteiger partial charge in [-0.05, 0) is 37.3 Å². The molecule has 4 nitrogen and oxygen atoms in total. The first-order valence-electron chi connectivity index (χ1n) is 6.64. The number of rotatable bonds is 5. The van der Waals surface area contributed by atoms with E-state index in [1.54, 1.807) is 11.0 Å². The van der Waals surface area contributed by atoms with Gasteiger partial charge in [-0.1, -0.05) is 25.3 Å². The van der Waals surface area contributed by atoms with Crippen molar-refractivity contribution in [2.75, 3.05) is 0 Å². The molecule has 0 saturated heterocycles. The van der Waals surface area contributed by atoms with Crippen LogP contribution in [0, 0.1) is 12.8 Å². The van der Waals surface area contributed by atoms with Gasteiger partial charge in [-0.2, -0.15) is 5.10 Å². The molecular formula is C14H18N4. The third kappa shape index (κ3) is 2.58. The standard InChI is InChI=1S/C14H18N4/c1-11-13(4-2-3-12-5-6-12)7-8-14(17-11)18-10-15-9-16-18/h7-10,12H,2-6H2,1H3. The average molecular weight is 242 g/mol. The van der Waals surface area contributed by atoms with Crippen molar-refractivity contribution in [1.29, 1.82) is 0 Å². The summed E-state index contributed by atoms with van der Waals surface area (Å²) >= 11 is 0. The molecule has 1 saturated carbocycles. The van der Waals surface area contributed by atoms with Crippen LogP contribution in [-0.4, -0.2) is 19.7 Å². The van der Waals surface area contributed by atoms with Gasteiger partial charge in [-0.3, -0.25) is 0 Å². The highest BCUT2D eigenvalue weighted by atomic mass is 15.3. The molecule has 2 aromatic rings. The van der Waals surface area contributed by atoms with Crippen molar-refractivity contribution in [3.63, 3.8) is 0 Å². The largest absolute Gasteiger partial charge is 0.234 e. The molecule has 1 aliphatic rings. The Balaban J connectivity index is 1.68. The Bertz CT molecular complexity index is 515. The van der Waals surface area contributed by atoms with Gasteiger partial charge >= 0.3 is 0 Å². The number of hydrogen-bond donors (Lipinski definition) is 0. The monoisotopic (exact) mass is 242 g/mol. The van der Waals surface area contributed by atoms with E-state index in [-0.39, 0.29) is 0 Å². The van der Waals surface area contributed by atoms with Gasteiger partial charge in [0.25, 0.3) is 0 Å². The molecule has 2 heterocycles. The van der Waals surface area contributed by atoms with E-state index in [1.165, 1.54) is 37.6 Å². The van der Waals surface area contributed by atoms with Gasteiger partial charge in [0.05, 0.1) is 0 Å². The summed E-state index contributed by atoms with van der Waals surface area (Å²) in [5.41, 5.74) is 2.47. The first kappa shape index (κ1) is 11.4. The van der Waals surface area contributed by atoms with E-state index >= 15 is 0 Å². The zero-order valence-corrected chi connectivity index (χ0v) is 10.7. The summed E-state index contributed by atoms with van der Waals surface area (Å²) in [5, 5.41) is 4.09. The lowest BCUT2D eigenvalue weighted by atomic mass is 10.1. The third-order valence-corrected chi connectivity index (χ3v) is 3.59. The van der Waals surface area contributed by atoms with Crippen LogP contribution in [0.3, 0.4) is 0 Å². The molecular weight excluding hydrogens is 224 g/mol. The fourth-order valence-electron chi connectivity index (χ4n) is 2.28. The summed E-state index contributed by atoms with van der Waals surface area (Å²) in [4.78, 5) is 8.53. The zero-order chi connectivity index (χ0) is 12.4. The highest BCUT2D eigenvalue weighted by molar-refractivity contribution is 5.29.